The largest absolute Gasteiger partial charge is 0.467 e. The number of hydroxylamine groups is 2. The van der Waals surface area contributed by atoms with E-state index in [2.05, 4.69) is 36.4 Å². The number of benzene rings is 3. The molecule has 0 unspecified atom stereocenters. The van der Waals surface area contributed by atoms with Crippen LogP contribution in [0.4, 0.5) is 0 Å². The van der Waals surface area contributed by atoms with Gasteiger partial charge in [0.1, 0.15) is 23.9 Å². The fourth-order valence-corrected chi connectivity index (χ4v) is 5.99. The van der Waals surface area contributed by atoms with Gasteiger partial charge >= 0.3 is 5.97 Å². The molecule has 3 saturated heterocycles. The quantitative estimate of drug-likeness (QED) is 0.304. The second-order valence-corrected chi connectivity index (χ2v) is 10.8. The minimum atomic E-state index is -0.893. The van der Waals surface area contributed by atoms with Gasteiger partial charge in [-0.3, -0.25) is 4.84 Å². The molecule has 3 heterocycles. The minimum absolute atomic E-state index is 0.226. The number of carbonyl (C=O) groups excluding carboxylic acids is 1. The number of ether oxygens (including phenoxy) is 5. The summed E-state index contributed by atoms with van der Waals surface area (Å²) in [4.78, 5) is 18.0. The van der Waals surface area contributed by atoms with Crippen LogP contribution in [-0.2, 0) is 38.9 Å². The van der Waals surface area contributed by atoms with E-state index in [0.29, 0.717) is 13.0 Å². The van der Waals surface area contributed by atoms with Crippen LogP contribution in [0, 0.1) is 0 Å². The van der Waals surface area contributed by atoms with Gasteiger partial charge < -0.3 is 23.7 Å². The van der Waals surface area contributed by atoms with Crippen molar-refractivity contribution < 1.29 is 33.3 Å². The van der Waals surface area contributed by atoms with E-state index in [0.717, 1.165) is 16.7 Å². The number of methoxy groups -OCH3 is 1. The molecule has 0 N–H and O–H groups in total. The Labute approximate surface area is 234 Å². The normalized spacial score (nSPS) is 27.9. The molecule has 0 aromatic heterocycles. The van der Waals surface area contributed by atoms with Gasteiger partial charge in [0.2, 0.25) is 0 Å². The molecular formula is C32H35NO7. The molecule has 3 aromatic rings. The molecule has 0 aliphatic carbocycles. The van der Waals surface area contributed by atoms with Crippen LogP contribution in [-0.4, -0.2) is 67.7 Å². The lowest BCUT2D eigenvalue weighted by Gasteiger charge is -2.37. The van der Waals surface area contributed by atoms with Crippen LogP contribution in [0.15, 0.2) is 91.0 Å². The van der Waals surface area contributed by atoms with E-state index in [1.165, 1.54) is 7.11 Å². The maximum Gasteiger partial charge on any atom is 0.337 e. The number of rotatable bonds is 8. The summed E-state index contributed by atoms with van der Waals surface area (Å²) in [6, 6.07) is 30.7. The van der Waals surface area contributed by atoms with Gasteiger partial charge in [-0.1, -0.05) is 91.0 Å². The molecule has 0 spiro atoms. The van der Waals surface area contributed by atoms with E-state index in [1.54, 1.807) is 5.06 Å². The van der Waals surface area contributed by atoms with Crippen molar-refractivity contribution in [3.05, 3.63) is 108 Å². The van der Waals surface area contributed by atoms with Crippen LogP contribution >= 0.6 is 0 Å². The summed E-state index contributed by atoms with van der Waals surface area (Å²) in [5.74, 6) is -1.20. The maximum atomic E-state index is 12.1. The Bertz CT molecular complexity index is 1190. The van der Waals surface area contributed by atoms with E-state index in [-0.39, 0.29) is 12.7 Å². The predicted molar refractivity (Wildman–Crippen MR) is 146 cm³/mol. The van der Waals surface area contributed by atoms with Crippen molar-refractivity contribution in [1.82, 2.24) is 5.06 Å². The van der Waals surface area contributed by atoms with Crippen molar-refractivity contribution in [3.8, 4) is 0 Å². The summed E-state index contributed by atoms with van der Waals surface area (Å²) in [7, 11) is 1.36. The summed E-state index contributed by atoms with van der Waals surface area (Å²) in [5, 5.41) is 1.68. The van der Waals surface area contributed by atoms with Crippen LogP contribution in [0.3, 0.4) is 0 Å². The standard InChI is InChI=1S/C32H35NO7/c1-31(2)38-27-26(37-29(28(27)39-31)33-20-19-25(40-33)30(34)35-3)21-36-32(22-13-7-4-8-14-22,23-15-9-5-10-16-23)24-17-11-6-12-18-24/h4-18,25-29H,19-21H2,1-3H3/t25-,26+,27+,28+,29+/m0/s1. The average Bonchev–Trinajstić information content (AvgIpc) is 3.68. The van der Waals surface area contributed by atoms with Crippen molar-refractivity contribution in [2.75, 3.05) is 20.3 Å². The Morgan fingerprint density at radius 2 is 1.40 bits per heavy atom. The Morgan fingerprint density at radius 1 is 0.875 bits per heavy atom. The van der Waals surface area contributed by atoms with Crippen LogP contribution < -0.4 is 0 Å². The third-order valence-electron chi connectivity index (χ3n) is 7.75. The zero-order valence-electron chi connectivity index (χ0n) is 23.0. The highest BCUT2D eigenvalue weighted by molar-refractivity contribution is 5.74. The second-order valence-electron chi connectivity index (χ2n) is 10.8. The summed E-state index contributed by atoms with van der Waals surface area (Å²) in [5.41, 5.74) is 2.12. The van der Waals surface area contributed by atoms with Gasteiger partial charge in [0, 0.05) is 13.0 Å². The SMILES string of the molecule is COC(=O)[C@@H]1CCN([C@@H]2O[C@H](COC(c3ccccc3)(c3ccccc3)c3ccccc3)[C@H]3OC(C)(C)O[C@H]32)O1. The molecular weight excluding hydrogens is 510 g/mol. The Balaban J connectivity index is 1.33. The van der Waals surface area contributed by atoms with Gasteiger partial charge in [0.05, 0.1) is 13.7 Å². The first-order chi connectivity index (χ1) is 19.4. The van der Waals surface area contributed by atoms with E-state index >= 15 is 0 Å². The van der Waals surface area contributed by atoms with Crippen molar-refractivity contribution in [2.45, 2.75) is 62.3 Å². The van der Waals surface area contributed by atoms with Crippen LogP contribution in [0.1, 0.15) is 37.0 Å². The lowest BCUT2D eigenvalue weighted by molar-refractivity contribution is -0.277. The summed E-state index contributed by atoms with van der Waals surface area (Å²) >= 11 is 0. The number of hydrogen-bond donors (Lipinski definition) is 0. The summed E-state index contributed by atoms with van der Waals surface area (Å²) < 4.78 is 31.1. The lowest BCUT2D eigenvalue weighted by atomic mass is 9.80. The van der Waals surface area contributed by atoms with Crippen LogP contribution in [0.2, 0.25) is 0 Å². The molecule has 6 rings (SSSR count). The van der Waals surface area contributed by atoms with Gasteiger partial charge in [-0.15, -0.1) is 0 Å². The van der Waals surface area contributed by atoms with Crippen molar-refractivity contribution in [2.24, 2.45) is 0 Å². The first-order valence-electron chi connectivity index (χ1n) is 13.7. The third-order valence-corrected chi connectivity index (χ3v) is 7.75. The molecule has 0 bridgehead atoms. The van der Waals surface area contributed by atoms with E-state index in [4.69, 9.17) is 28.5 Å². The number of carbonyl (C=O) groups is 1. The summed E-state index contributed by atoms with van der Waals surface area (Å²) in [6.07, 6.45) is -1.98. The van der Waals surface area contributed by atoms with Crippen molar-refractivity contribution >= 4 is 5.97 Å². The molecule has 0 radical (unpaired) electrons. The Morgan fingerprint density at radius 3 is 1.93 bits per heavy atom. The molecule has 3 fully saturated rings. The van der Waals surface area contributed by atoms with E-state index < -0.39 is 41.9 Å². The van der Waals surface area contributed by atoms with E-state index in [1.807, 2.05) is 68.4 Å². The Hall–Kier alpha value is -3.11. The smallest absolute Gasteiger partial charge is 0.337 e. The van der Waals surface area contributed by atoms with Gasteiger partial charge in [-0.2, -0.15) is 5.06 Å². The van der Waals surface area contributed by atoms with Gasteiger partial charge in [-0.05, 0) is 30.5 Å². The molecule has 0 saturated carbocycles. The number of hydrogen-bond acceptors (Lipinski definition) is 8. The minimum Gasteiger partial charge on any atom is -0.467 e. The highest BCUT2D eigenvalue weighted by Crippen LogP contribution is 2.44. The zero-order chi connectivity index (χ0) is 27.7. The van der Waals surface area contributed by atoms with Gasteiger partial charge in [-0.25, -0.2) is 4.79 Å². The lowest BCUT2D eigenvalue weighted by Crippen LogP contribution is -2.43. The molecule has 8 heteroatoms. The number of nitrogens with zero attached hydrogens (tertiary/aromatic N) is 1. The van der Waals surface area contributed by atoms with Crippen LogP contribution in [0.25, 0.3) is 0 Å². The van der Waals surface area contributed by atoms with Gasteiger partial charge in [0.25, 0.3) is 0 Å². The second kappa shape index (κ2) is 11.0. The van der Waals surface area contributed by atoms with Crippen molar-refractivity contribution in [1.29, 1.82) is 0 Å². The molecule has 40 heavy (non-hydrogen) atoms. The monoisotopic (exact) mass is 545 g/mol. The predicted octanol–water partition coefficient (Wildman–Crippen LogP) is 4.42. The number of esters is 1. The molecule has 5 atom stereocenters. The molecule has 3 aliphatic rings. The Kier molecular flexibility index (Phi) is 7.48. The molecule has 8 nitrogen and oxygen atoms in total. The third kappa shape index (κ3) is 4.96. The fraction of sp³-hybridized carbons (Fsp3) is 0.406. The first kappa shape index (κ1) is 27.1. The first-order valence-corrected chi connectivity index (χ1v) is 13.7. The highest BCUT2D eigenvalue weighted by atomic mass is 16.8. The molecule has 210 valence electrons. The molecule has 3 aliphatic heterocycles. The summed E-state index contributed by atoms with van der Waals surface area (Å²) in [6.45, 7) is 4.52. The molecule has 0 amide bonds. The molecule has 3 aromatic carbocycles. The zero-order valence-corrected chi connectivity index (χ0v) is 23.0. The topological polar surface area (TPSA) is 75.7 Å². The van der Waals surface area contributed by atoms with Crippen LogP contribution in [0.5, 0.6) is 0 Å². The maximum absolute atomic E-state index is 12.1. The van der Waals surface area contributed by atoms with Gasteiger partial charge in [0.15, 0.2) is 18.1 Å². The fourth-order valence-electron chi connectivity index (χ4n) is 5.99. The average molecular weight is 546 g/mol. The highest BCUT2D eigenvalue weighted by Gasteiger charge is 2.58. The van der Waals surface area contributed by atoms with E-state index in [9.17, 15) is 4.79 Å². The number of fused-ring (bicyclic) bond motifs is 1. The van der Waals surface area contributed by atoms with Crippen molar-refractivity contribution in [3.63, 3.8) is 0 Å².